The van der Waals surface area contributed by atoms with Gasteiger partial charge in [-0.05, 0) is 48.7 Å². The van der Waals surface area contributed by atoms with Gasteiger partial charge < -0.3 is 29.1 Å². The Morgan fingerprint density at radius 3 is 2.54 bits per heavy atom. The number of amides is 1. The summed E-state index contributed by atoms with van der Waals surface area (Å²) in [6.45, 7) is 1.56. The third-order valence-corrected chi connectivity index (χ3v) is 8.31. The van der Waals surface area contributed by atoms with Crippen molar-refractivity contribution in [1.82, 2.24) is 9.63 Å². The van der Waals surface area contributed by atoms with Crippen LogP contribution in [0.25, 0.3) is 0 Å². The number of ketones is 1. The number of esters is 1. The standard InChI is InChI=1S/C27H28N2O9S/c1-4-37-25(34)26-14-16(30)8-9-27(26)17-13-20(36-3)19(35-2)12-15(17)11-18(29(27)23(32)22(26)31)24(33)38-28-10-6-5-7-21(28)39/h5-7,10,12-13,18,22,31H,4,8-9,11,14H2,1-3H3/t18-,22-,26+,27-/m0/s1. The fourth-order valence-corrected chi connectivity index (χ4v) is 6.60. The van der Waals surface area contributed by atoms with Gasteiger partial charge in [-0.15, -0.1) is 0 Å². The van der Waals surface area contributed by atoms with E-state index in [1.807, 2.05) is 0 Å². The molecule has 1 spiro atoms. The van der Waals surface area contributed by atoms with Crippen molar-refractivity contribution in [3.8, 4) is 11.5 Å². The van der Waals surface area contributed by atoms with Crippen LogP contribution < -0.4 is 14.3 Å². The lowest BCUT2D eigenvalue weighted by molar-refractivity contribution is -0.180. The van der Waals surface area contributed by atoms with E-state index in [1.165, 1.54) is 25.3 Å². The Bertz CT molecular complexity index is 1440. The Kier molecular flexibility index (Phi) is 6.71. The SMILES string of the molecule is CCOC(=O)[C@]12CC(=O)CC[C@]13c1cc(OC)c(OC)cc1C[C@@H](C(=O)On1ccccc1=S)N3C(=O)[C@@H]2O. The van der Waals surface area contributed by atoms with Crippen molar-refractivity contribution in [2.75, 3.05) is 20.8 Å². The zero-order chi connectivity index (χ0) is 28.1. The van der Waals surface area contributed by atoms with Crippen LogP contribution >= 0.6 is 12.2 Å². The quantitative estimate of drug-likeness (QED) is 0.412. The molecular weight excluding hydrogens is 528 g/mol. The summed E-state index contributed by atoms with van der Waals surface area (Å²) >= 11 is 5.25. The van der Waals surface area contributed by atoms with E-state index in [0.29, 0.717) is 22.6 Å². The number of hydrogen-bond acceptors (Lipinski definition) is 10. The first-order chi connectivity index (χ1) is 18.7. The van der Waals surface area contributed by atoms with Crippen LogP contribution in [0.2, 0.25) is 0 Å². The predicted octanol–water partition coefficient (Wildman–Crippen LogP) is 1.52. The summed E-state index contributed by atoms with van der Waals surface area (Å²) in [6, 6.07) is 6.94. The zero-order valence-electron chi connectivity index (χ0n) is 21.7. The van der Waals surface area contributed by atoms with Crippen molar-refractivity contribution in [3.05, 3.63) is 52.3 Å². The molecule has 1 aromatic carbocycles. The fourth-order valence-electron chi connectivity index (χ4n) is 6.42. The number of nitrogens with zero attached hydrogens (tertiary/aromatic N) is 2. The lowest BCUT2D eigenvalue weighted by Crippen LogP contribution is -2.66. The number of aliphatic hydroxyl groups is 1. The van der Waals surface area contributed by atoms with Gasteiger partial charge in [-0.1, -0.05) is 18.3 Å². The van der Waals surface area contributed by atoms with Gasteiger partial charge in [-0.2, -0.15) is 4.73 Å². The summed E-state index contributed by atoms with van der Waals surface area (Å²) < 4.78 is 17.7. The largest absolute Gasteiger partial charge is 0.493 e. The summed E-state index contributed by atoms with van der Waals surface area (Å²) in [5.74, 6) is -2.18. The topological polar surface area (TPSA) is 134 Å². The number of fused-ring (bicyclic) bond motifs is 1. The normalized spacial score (nSPS) is 27.2. The first-order valence-corrected chi connectivity index (χ1v) is 12.9. The predicted molar refractivity (Wildman–Crippen MR) is 136 cm³/mol. The van der Waals surface area contributed by atoms with E-state index in [-0.39, 0.29) is 36.3 Å². The van der Waals surface area contributed by atoms with Crippen LogP contribution in [0.4, 0.5) is 0 Å². The van der Waals surface area contributed by atoms with Crippen molar-refractivity contribution in [2.24, 2.45) is 5.41 Å². The third kappa shape index (κ3) is 3.69. The molecule has 2 aliphatic heterocycles. The van der Waals surface area contributed by atoms with Crippen LogP contribution in [-0.2, 0) is 35.9 Å². The monoisotopic (exact) mass is 556 g/mol. The van der Waals surface area contributed by atoms with Crippen molar-refractivity contribution in [2.45, 2.75) is 50.3 Å². The van der Waals surface area contributed by atoms with E-state index in [0.717, 1.165) is 4.73 Å². The number of carbonyl (C=O) groups is 4. The lowest BCUT2D eigenvalue weighted by atomic mass is 9.55. The van der Waals surface area contributed by atoms with Crippen LogP contribution in [-0.4, -0.2) is 71.3 Å². The van der Waals surface area contributed by atoms with Crippen LogP contribution in [0, 0.1) is 10.1 Å². The molecule has 2 fully saturated rings. The molecule has 0 unspecified atom stereocenters. The zero-order valence-corrected chi connectivity index (χ0v) is 22.5. The van der Waals surface area contributed by atoms with Gasteiger partial charge in [0.15, 0.2) is 17.6 Å². The highest BCUT2D eigenvalue weighted by molar-refractivity contribution is 7.71. The summed E-state index contributed by atoms with van der Waals surface area (Å²) in [5, 5.41) is 11.5. The molecule has 3 heterocycles. The van der Waals surface area contributed by atoms with E-state index in [1.54, 1.807) is 37.3 Å². The molecule has 0 bridgehead atoms. The molecule has 0 radical (unpaired) electrons. The molecule has 1 aliphatic carbocycles. The fraction of sp³-hybridized carbons (Fsp3) is 0.444. The second-order valence-electron chi connectivity index (χ2n) is 9.74. The Morgan fingerprint density at radius 1 is 1.15 bits per heavy atom. The van der Waals surface area contributed by atoms with Gasteiger partial charge in [-0.3, -0.25) is 14.4 Å². The number of rotatable bonds is 6. The van der Waals surface area contributed by atoms with Gasteiger partial charge in [0.2, 0.25) is 0 Å². The number of ether oxygens (including phenoxy) is 3. The molecule has 39 heavy (non-hydrogen) atoms. The number of aliphatic hydroxyl groups excluding tert-OH is 1. The first-order valence-electron chi connectivity index (χ1n) is 12.5. The molecule has 1 saturated carbocycles. The van der Waals surface area contributed by atoms with Crippen molar-refractivity contribution in [3.63, 3.8) is 0 Å². The summed E-state index contributed by atoms with van der Waals surface area (Å²) in [4.78, 5) is 61.1. The lowest BCUT2D eigenvalue weighted by Gasteiger charge is -2.55. The molecule has 1 aromatic heterocycles. The van der Waals surface area contributed by atoms with E-state index < -0.39 is 47.4 Å². The summed E-state index contributed by atoms with van der Waals surface area (Å²) in [5.41, 5.74) is -2.54. The number of pyridine rings is 1. The van der Waals surface area contributed by atoms with Crippen LogP contribution in [0.5, 0.6) is 11.5 Å². The van der Waals surface area contributed by atoms with Crippen molar-refractivity contribution >= 4 is 35.8 Å². The number of aromatic nitrogens is 1. The maximum atomic E-state index is 13.9. The molecule has 3 aliphatic rings. The highest BCUT2D eigenvalue weighted by Gasteiger charge is 2.77. The minimum Gasteiger partial charge on any atom is -0.493 e. The molecule has 11 nitrogen and oxygen atoms in total. The highest BCUT2D eigenvalue weighted by Crippen LogP contribution is 2.64. The van der Waals surface area contributed by atoms with Crippen LogP contribution in [0.1, 0.15) is 37.3 Å². The number of hydrogen-bond donors (Lipinski definition) is 1. The average Bonchev–Trinajstić information content (AvgIpc) is 3.13. The van der Waals surface area contributed by atoms with Crippen LogP contribution in [0.15, 0.2) is 36.5 Å². The molecule has 2 aromatic rings. The smallest absolute Gasteiger partial charge is 0.355 e. The van der Waals surface area contributed by atoms with Crippen LogP contribution in [0.3, 0.4) is 0 Å². The number of carbonyl (C=O) groups excluding carboxylic acids is 4. The highest BCUT2D eigenvalue weighted by atomic mass is 32.1. The molecule has 1 N–H and O–H groups in total. The summed E-state index contributed by atoms with van der Waals surface area (Å²) in [7, 11) is 2.91. The Labute approximate surface area is 229 Å². The third-order valence-electron chi connectivity index (χ3n) is 8.00. The molecule has 5 rings (SSSR count). The van der Waals surface area contributed by atoms with Gasteiger partial charge >= 0.3 is 11.9 Å². The van der Waals surface area contributed by atoms with Crippen molar-refractivity contribution in [1.29, 1.82) is 0 Å². The maximum Gasteiger partial charge on any atom is 0.355 e. The molecule has 206 valence electrons. The van der Waals surface area contributed by atoms with Gasteiger partial charge in [-0.25, -0.2) is 4.79 Å². The number of methoxy groups -OCH3 is 2. The van der Waals surface area contributed by atoms with Gasteiger partial charge in [0.05, 0.1) is 26.4 Å². The van der Waals surface area contributed by atoms with E-state index >= 15 is 0 Å². The van der Waals surface area contributed by atoms with E-state index in [2.05, 4.69) is 0 Å². The second kappa shape index (κ2) is 9.76. The molecule has 4 atom stereocenters. The Morgan fingerprint density at radius 2 is 1.87 bits per heavy atom. The maximum absolute atomic E-state index is 13.9. The van der Waals surface area contributed by atoms with E-state index in [9.17, 15) is 24.3 Å². The van der Waals surface area contributed by atoms with Gasteiger partial charge in [0, 0.05) is 25.5 Å². The minimum absolute atomic E-state index is 0.0109. The molecule has 1 saturated heterocycles. The Balaban J connectivity index is 1.78. The van der Waals surface area contributed by atoms with E-state index in [4.69, 9.17) is 31.3 Å². The van der Waals surface area contributed by atoms with Gasteiger partial charge in [0.1, 0.15) is 21.9 Å². The molecule has 12 heteroatoms. The Hall–Kier alpha value is -3.77. The first kappa shape index (κ1) is 26.8. The number of benzene rings is 1. The van der Waals surface area contributed by atoms with Crippen molar-refractivity contribution < 1.29 is 43.3 Å². The van der Waals surface area contributed by atoms with Gasteiger partial charge in [0.25, 0.3) is 5.91 Å². The average molecular weight is 557 g/mol. The second-order valence-corrected chi connectivity index (χ2v) is 10.2. The number of Topliss-reactive ketones (excluding diaryl/α,β-unsaturated/α-hetero) is 1. The molecular formula is C27H28N2O9S. The molecule has 1 amide bonds. The minimum atomic E-state index is -1.99. The summed E-state index contributed by atoms with van der Waals surface area (Å²) in [6.07, 6.45) is -0.935.